The van der Waals surface area contributed by atoms with E-state index in [9.17, 15) is 9.18 Å². The first kappa shape index (κ1) is 8.70. The van der Waals surface area contributed by atoms with Gasteiger partial charge in [0.2, 0.25) is 0 Å². The van der Waals surface area contributed by atoms with Crippen LogP contribution >= 0.6 is 22.6 Å². The van der Waals surface area contributed by atoms with Crippen LogP contribution in [0.5, 0.6) is 0 Å². The number of aromatic nitrogens is 1. The average Bonchev–Trinajstić information content (AvgIpc) is 2.01. The second-order valence-electron chi connectivity index (χ2n) is 2.07. The third-order valence-corrected chi connectivity index (χ3v) is 2.38. The standard InChI is InChI=1S/C7H7FINO/c1-2-10-4-3-5(8)6(9)7(10)11/h3-4H,2H2,1H3. The van der Waals surface area contributed by atoms with E-state index in [-0.39, 0.29) is 9.13 Å². The number of pyridine rings is 1. The Labute approximate surface area is 77.2 Å². The molecule has 1 aromatic rings. The van der Waals surface area contributed by atoms with E-state index in [1.165, 1.54) is 16.8 Å². The molecule has 0 saturated heterocycles. The number of rotatable bonds is 1. The van der Waals surface area contributed by atoms with E-state index in [4.69, 9.17) is 0 Å². The summed E-state index contributed by atoms with van der Waals surface area (Å²) in [5.74, 6) is -0.444. The Bertz CT molecular complexity index is 321. The third kappa shape index (κ3) is 1.61. The maximum absolute atomic E-state index is 12.7. The molecule has 0 atom stereocenters. The van der Waals surface area contributed by atoms with E-state index < -0.39 is 5.82 Å². The minimum absolute atomic E-state index is 0.159. The molecule has 0 aliphatic rings. The largest absolute Gasteiger partial charge is 0.315 e. The van der Waals surface area contributed by atoms with Gasteiger partial charge in [0, 0.05) is 12.7 Å². The predicted molar refractivity (Wildman–Crippen MR) is 49.1 cm³/mol. The lowest BCUT2D eigenvalue weighted by Crippen LogP contribution is -2.21. The van der Waals surface area contributed by atoms with Crippen LogP contribution in [-0.4, -0.2) is 4.57 Å². The molecule has 0 radical (unpaired) electrons. The molecule has 0 aromatic carbocycles. The van der Waals surface area contributed by atoms with Crippen LogP contribution < -0.4 is 5.56 Å². The van der Waals surface area contributed by atoms with Gasteiger partial charge in [-0.2, -0.15) is 0 Å². The van der Waals surface area contributed by atoms with Crippen molar-refractivity contribution in [3.63, 3.8) is 0 Å². The summed E-state index contributed by atoms with van der Waals surface area (Å²) in [5.41, 5.74) is -0.256. The highest BCUT2D eigenvalue weighted by Crippen LogP contribution is 2.03. The molecule has 0 N–H and O–H groups in total. The van der Waals surface area contributed by atoms with E-state index in [0.717, 1.165) is 0 Å². The van der Waals surface area contributed by atoms with Crippen molar-refractivity contribution in [3.8, 4) is 0 Å². The number of halogens is 2. The van der Waals surface area contributed by atoms with Gasteiger partial charge in [-0.3, -0.25) is 4.79 Å². The molecular weight excluding hydrogens is 260 g/mol. The second kappa shape index (κ2) is 3.34. The SMILES string of the molecule is CCn1ccc(F)c(I)c1=O. The van der Waals surface area contributed by atoms with Gasteiger partial charge in [-0.05, 0) is 35.6 Å². The zero-order chi connectivity index (χ0) is 8.43. The van der Waals surface area contributed by atoms with Crippen molar-refractivity contribution in [3.05, 3.63) is 32.0 Å². The highest BCUT2D eigenvalue weighted by Gasteiger charge is 2.04. The van der Waals surface area contributed by atoms with Crippen LogP contribution in [0.4, 0.5) is 4.39 Å². The van der Waals surface area contributed by atoms with Gasteiger partial charge in [0.25, 0.3) is 5.56 Å². The normalized spacial score (nSPS) is 10.1. The van der Waals surface area contributed by atoms with Crippen molar-refractivity contribution >= 4 is 22.6 Å². The summed E-state index contributed by atoms with van der Waals surface area (Å²) in [5, 5.41) is 0. The van der Waals surface area contributed by atoms with Crippen LogP contribution in [0.1, 0.15) is 6.92 Å². The summed E-state index contributed by atoms with van der Waals surface area (Å²) in [6, 6.07) is 1.30. The molecule has 0 bridgehead atoms. The number of nitrogens with zero attached hydrogens (tertiary/aromatic N) is 1. The van der Waals surface area contributed by atoms with E-state index in [1.807, 2.05) is 6.92 Å². The Balaban J connectivity index is 3.37. The van der Waals surface area contributed by atoms with Crippen LogP contribution in [-0.2, 0) is 6.54 Å². The molecule has 0 spiro atoms. The molecular formula is C7H7FINO. The molecule has 0 unspecified atom stereocenters. The lowest BCUT2D eigenvalue weighted by molar-refractivity contribution is 0.598. The summed E-state index contributed by atoms with van der Waals surface area (Å²) >= 11 is 1.71. The Hall–Kier alpha value is -0.390. The van der Waals surface area contributed by atoms with Crippen LogP contribution in [0.3, 0.4) is 0 Å². The van der Waals surface area contributed by atoms with Gasteiger partial charge >= 0.3 is 0 Å². The predicted octanol–water partition coefficient (Wildman–Crippen LogP) is 1.61. The maximum atomic E-state index is 12.7. The topological polar surface area (TPSA) is 22.0 Å². The van der Waals surface area contributed by atoms with Gasteiger partial charge in [-0.25, -0.2) is 4.39 Å². The molecule has 0 aliphatic heterocycles. The average molecular weight is 267 g/mol. The van der Waals surface area contributed by atoms with Crippen molar-refractivity contribution in [1.29, 1.82) is 0 Å². The van der Waals surface area contributed by atoms with Crippen LogP contribution in [0.15, 0.2) is 17.1 Å². The van der Waals surface area contributed by atoms with Crippen molar-refractivity contribution in [1.82, 2.24) is 4.57 Å². The zero-order valence-electron chi connectivity index (χ0n) is 5.97. The molecule has 60 valence electrons. The fraction of sp³-hybridized carbons (Fsp3) is 0.286. The summed E-state index contributed by atoms with van der Waals surface area (Å²) in [7, 11) is 0. The summed E-state index contributed by atoms with van der Waals surface area (Å²) in [4.78, 5) is 11.1. The molecule has 2 nitrogen and oxygen atoms in total. The van der Waals surface area contributed by atoms with Crippen LogP contribution in [0, 0.1) is 9.39 Å². The van der Waals surface area contributed by atoms with Gasteiger partial charge in [0.05, 0.1) is 0 Å². The van der Waals surface area contributed by atoms with E-state index in [1.54, 1.807) is 22.6 Å². The molecule has 0 fully saturated rings. The molecule has 0 aliphatic carbocycles. The Morgan fingerprint density at radius 2 is 2.36 bits per heavy atom. The van der Waals surface area contributed by atoms with Gasteiger partial charge in [0.1, 0.15) is 9.39 Å². The summed E-state index contributed by atoms with van der Waals surface area (Å²) < 4.78 is 14.3. The number of hydrogen-bond acceptors (Lipinski definition) is 1. The fourth-order valence-electron chi connectivity index (χ4n) is 0.774. The Morgan fingerprint density at radius 3 is 2.91 bits per heavy atom. The molecule has 1 heterocycles. The van der Waals surface area contributed by atoms with E-state index >= 15 is 0 Å². The highest BCUT2D eigenvalue weighted by atomic mass is 127. The quantitative estimate of drug-likeness (QED) is 0.708. The second-order valence-corrected chi connectivity index (χ2v) is 3.15. The van der Waals surface area contributed by atoms with Crippen LogP contribution in [0.2, 0.25) is 0 Å². The minimum Gasteiger partial charge on any atom is -0.315 e. The maximum Gasteiger partial charge on any atom is 0.266 e. The first-order chi connectivity index (χ1) is 5.16. The summed E-state index contributed by atoms with van der Waals surface area (Å²) in [6.45, 7) is 2.42. The van der Waals surface area contributed by atoms with Crippen LogP contribution in [0.25, 0.3) is 0 Å². The molecule has 0 amide bonds. The molecule has 1 rings (SSSR count). The zero-order valence-corrected chi connectivity index (χ0v) is 8.13. The van der Waals surface area contributed by atoms with Gasteiger partial charge in [0.15, 0.2) is 0 Å². The van der Waals surface area contributed by atoms with Gasteiger partial charge in [-0.15, -0.1) is 0 Å². The molecule has 1 aromatic heterocycles. The number of aryl methyl sites for hydroxylation is 1. The monoisotopic (exact) mass is 267 g/mol. The lowest BCUT2D eigenvalue weighted by Gasteiger charge is -2.00. The first-order valence-corrected chi connectivity index (χ1v) is 4.29. The van der Waals surface area contributed by atoms with Crippen molar-refractivity contribution in [2.24, 2.45) is 0 Å². The van der Waals surface area contributed by atoms with Crippen molar-refractivity contribution < 1.29 is 4.39 Å². The number of hydrogen-bond donors (Lipinski definition) is 0. The molecule has 4 heteroatoms. The van der Waals surface area contributed by atoms with Crippen molar-refractivity contribution in [2.75, 3.05) is 0 Å². The fourth-order valence-corrected chi connectivity index (χ4v) is 1.26. The summed E-state index contributed by atoms with van der Waals surface area (Å²) in [6.07, 6.45) is 1.46. The first-order valence-electron chi connectivity index (χ1n) is 3.21. The Kier molecular flexibility index (Phi) is 2.64. The Morgan fingerprint density at radius 1 is 1.73 bits per heavy atom. The third-order valence-electron chi connectivity index (χ3n) is 1.40. The van der Waals surface area contributed by atoms with Gasteiger partial charge in [-0.1, -0.05) is 0 Å². The molecule has 0 saturated carbocycles. The van der Waals surface area contributed by atoms with E-state index in [2.05, 4.69) is 0 Å². The van der Waals surface area contributed by atoms with Gasteiger partial charge < -0.3 is 4.57 Å². The smallest absolute Gasteiger partial charge is 0.266 e. The highest BCUT2D eigenvalue weighted by molar-refractivity contribution is 14.1. The minimum atomic E-state index is -0.444. The van der Waals surface area contributed by atoms with E-state index in [0.29, 0.717) is 6.54 Å². The van der Waals surface area contributed by atoms with Crippen molar-refractivity contribution in [2.45, 2.75) is 13.5 Å². The lowest BCUT2D eigenvalue weighted by atomic mass is 10.4. The molecule has 11 heavy (non-hydrogen) atoms.